The molecule has 0 spiro atoms. The van der Waals surface area contributed by atoms with Gasteiger partial charge in [0.05, 0.1) is 12.5 Å². The lowest BCUT2D eigenvalue weighted by Gasteiger charge is -2.64. The number of halogens is 4. The van der Waals surface area contributed by atoms with E-state index in [2.05, 4.69) is 10.6 Å². The number of hydrogen-bond donors (Lipinski definition) is 4. The lowest BCUT2D eigenvalue weighted by Crippen LogP contribution is -2.83. The number of nitrogens with one attached hydrogen (secondary N) is 2. The van der Waals surface area contributed by atoms with Crippen molar-refractivity contribution in [3.8, 4) is 11.5 Å². The van der Waals surface area contributed by atoms with E-state index in [4.69, 9.17) is 0 Å². The first kappa shape index (κ1) is 59.0. The summed E-state index contributed by atoms with van der Waals surface area (Å²) < 4.78 is 128. The molecule has 4 aliphatic rings. The Balaban J connectivity index is 1.48. The Hall–Kier alpha value is -5.13. The number of phenols is 2. The average Bonchev–Trinajstić information content (AvgIpc) is 3.23. The highest BCUT2D eigenvalue weighted by Gasteiger charge is 2.73. The Labute approximate surface area is 455 Å². The van der Waals surface area contributed by atoms with Crippen molar-refractivity contribution in [1.82, 2.24) is 29.0 Å². The van der Waals surface area contributed by atoms with Crippen LogP contribution in [0.25, 0.3) is 0 Å². The van der Waals surface area contributed by atoms with E-state index in [0.29, 0.717) is 25.9 Å². The lowest BCUT2D eigenvalue weighted by molar-refractivity contribution is -0.184. The van der Waals surface area contributed by atoms with Gasteiger partial charge in [-0.3, -0.25) is 24.2 Å². The number of rotatable bonds is 18. The number of likely N-dealkylation sites (tertiary alicyclic amines) is 2. The van der Waals surface area contributed by atoms with E-state index < -0.39 is 121 Å². The number of piperidine rings is 4. The van der Waals surface area contributed by atoms with Crippen LogP contribution in [0.15, 0.2) is 84.9 Å². The van der Waals surface area contributed by atoms with Crippen molar-refractivity contribution in [2.24, 2.45) is 23.7 Å². The van der Waals surface area contributed by atoms with Gasteiger partial charge >= 0.3 is 0 Å². The molecule has 8 rings (SSSR count). The number of carbonyl (C=O) groups excluding carboxylic acids is 3. The van der Waals surface area contributed by atoms with E-state index in [1.165, 1.54) is 123 Å². The molecule has 78 heavy (non-hydrogen) atoms. The summed E-state index contributed by atoms with van der Waals surface area (Å²) in [6.07, 6.45) is -1.95. The van der Waals surface area contributed by atoms with Crippen LogP contribution in [-0.4, -0.2) is 178 Å². The van der Waals surface area contributed by atoms with Crippen LogP contribution in [-0.2, 0) is 24.8 Å². The smallest absolute Gasteiger partial charge is 0.210 e. The maximum absolute atomic E-state index is 20.5. The van der Waals surface area contributed by atoms with Gasteiger partial charge in [0.1, 0.15) is 46.6 Å². The third-order valence-electron chi connectivity index (χ3n) is 17.6. The van der Waals surface area contributed by atoms with Crippen LogP contribution in [0.2, 0.25) is 0 Å². The van der Waals surface area contributed by atoms with Crippen molar-refractivity contribution >= 4 is 37.4 Å². The van der Waals surface area contributed by atoms with Gasteiger partial charge in [0.25, 0.3) is 0 Å². The summed E-state index contributed by atoms with van der Waals surface area (Å²) in [6.45, 7) is 1.37. The number of sulfonamides is 2. The minimum absolute atomic E-state index is 0.0140. The standard InChI is InChI=1S/C57H72F4N6O9S2/c1-35-43(19-9-21-47(35)58)49-45(51(70)37-13-7-17-41(68)29-37)33-66(27-25-64(3)77(5,73)74)56(53(49)60,39-15-11-23-62-31-39)55(72)57(40-16-12-24-63-32-40)54(61)50(44-20-10-22-48(59)36(44)2)46(52(71)38-14-8-18-42(69)30-38)34-67(57)28-26-65(4)78(6,75)76/h7-10,13-14,17-22,29-30,39-40,45-46,49-50,53-54,62-63,68-69H,11-12,15-16,23-28,31-34H2,1-6H3/t39?,40?,45-,46-,49+,50+,53-,54-,56-,57-/m0/s1. The Morgan fingerprint density at radius 2 is 1.00 bits per heavy atom. The molecule has 0 saturated carbocycles. The monoisotopic (exact) mass is 1120 g/mol. The van der Waals surface area contributed by atoms with Crippen molar-refractivity contribution in [1.29, 1.82) is 0 Å². The number of Topliss-reactive ketones (excluding diaryl/α,β-unsaturated/α-hetero) is 3. The molecular formula is C57H72F4N6O9S2. The highest BCUT2D eigenvalue weighted by atomic mass is 32.2. The van der Waals surface area contributed by atoms with Gasteiger partial charge in [0, 0.05) is 101 Å². The summed E-state index contributed by atoms with van der Waals surface area (Å²) in [4.78, 5) is 51.7. The first-order valence-electron chi connectivity index (χ1n) is 26.6. The molecule has 0 aromatic heterocycles. The van der Waals surface area contributed by atoms with Crippen LogP contribution in [0.1, 0.15) is 80.5 Å². The Morgan fingerprint density at radius 1 is 0.628 bits per heavy atom. The number of phenolic OH excluding ortho intramolecular Hbond substituents is 2. The SMILES string of the molecule is Cc1c(F)cccc1[C@@H]1[C@@H](C(=O)c2cccc(O)c2)CN(CCN(C)S(C)(=O)=O)[C@@](C(=O)[C@]2(C3CCCNC3)[C@@H](F)[C@H](c3cccc(F)c3C)[C@@H](C(=O)c3cccc(O)c3)CN2CCN(C)S(C)(=O)=O)(C2CCCNC2)[C@H]1F. The van der Waals surface area contributed by atoms with Gasteiger partial charge < -0.3 is 20.8 Å². The number of hydrogen-bond acceptors (Lipinski definition) is 13. The minimum Gasteiger partial charge on any atom is -0.508 e. The summed E-state index contributed by atoms with van der Waals surface area (Å²) in [7, 11) is -5.27. The zero-order chi connectivity index (χ0) is 56.6. The molecule has 4 aliphatic heterocycles. The van der Waals surface area contributed by atoms with E-state index in [9.17, 15) is 27.0 Å². The molecule has 21 heteroatoms. The molecule has 0 radical (unpaired) electrons. The molecule has 0 amide bonds. The van der Waals surface area contributed by atoms with Crippen LogP contribution in [0.4, 0.5) is 17.6 Å². The van der Waals surface area contributed by atoms with E-state index in [1.807, 2.05) is 0 Å². The van der Waals surface area contributed by atoms with Gasteiger partial charge in [-0.2, -0.15) is 0 Å². The molecule has 424 valence electrons. The van der Waals surface area contributed by atoms with Crippen LogP contribution >= 0.6 is 0 Å². The van der Waals surface area contributed by atoms with Crippen LogP contribution < -0.4 is 10.6 Å². The number of nitrogens with zero attached hydrogens (tertiary/aromatic N) is 4. The predicted molar refractivity (Wildman–Crippen MR) is 289 cm³/mol. The van der Waals surface area contributed by atoms with Gasteiger partial charge in [0.15, 0.2) is 17.3 Å². The molecule has 4 fully saturated rings. The molecule has 4 aromatic carbocycles. The summed E-state index contributed by atoms with van der Waals surface area (Å²) >= 11 is 0. The Kier molecular flexibility index (Phi) is 17.8. The second kappa shape index (κ2) is 23.5. The second-order valence-electron chi connectivity index (χ2n) is 21.9. The fourth-order valence-electron chi connectivity index (χ4n) is 13.3. The third kappa shape index (κ3) is 11.1. The van der Waals surface area contributed by atoms with Crippen LogP contribution in [0.3, 0.4) is 0 Å². The maximum atomic E-state index is 20.5. The maximum Gasteiger partial charge on any atom is 0.210 e. The molecule has 15 nitrogen and oxygen atoms in total. The molecule has 10 atom stereocenters. The van der Waals surface area contributed by atoms with E-state index in [1.54, 1.807) is 0 Å². The summed E-state index contributed by atoms with van der Waals surface area (Å²) in [6, 6.07) is 19.0. The fraction of sp³-hybridized carbons (Fsp3) is 0.526. The average molecular weight is 1130 g/mol. The summed E-state index contributed by atoms with van der Waals surface area (Å²) in [5.74, 6) is -12.6. The molecule has 4 heterocycles. The fourth-order valence-corrected chi connectivity index (χ4v) is 14.2. The van der Waals surface area contributed by atoms with Crippen molar-refractivity contribution in [3.63, 3.8) is 0 Å². The third-order valence-corrected chi connectivity index (χ3v) is 20.2. The summed E-state index contributed by atoms with van der Waals surface area (Å²) in [5.41, 5.74) is -5.01. The van der Waals surface area contributed by atoms with Crippen LogP contribution in [0.5, 0.6) is 11.5 Å². The van der Waals surface area contributed by atoms with Gasteiger partial charge in [0.2, 0.25) is 20.0 Å². The number of alkyl halides is 2. The first-order chi connectivity index (χ1) is 36.9. The molecule has 4 N–H and O–H groups in total. The Morgan fingerprint density at radius 3 is 1.33 bits per heavy atom. The van der Waals surface area contributed by atoms with Crippen molar-refractivity contribution in [2.75, 3.05) is 92.1 Å². The topological polar surface area (TPSA) is 197 Å². The normalized spacial score (nSPS) is 28.7. The predicted octanol–water partition coefficient (Wildman–Crippen LogP) is 5.99. The largest absolute Gasteiger partial charge is 0.508 e. The molecule has 4 saturated heterocycles. The van der Waals surface area contributed by atoms with Gasteiger partial charge in [-0.15, -0.1) is 0 Å². The van der Waals surface area contributed by atoms with Crippen LogP contribution in [0, 0.1) is 49.2 Å². The Bertz CT molecular complexity index is 2910. The van der Waals surface area contributed by atoms with E-state index in [-0.39, 0.29) is 97.0 Å². The quantitative estimate of drug-likeness (QED) is 0.0671. The molecule has 2 unspecified atom stereocenters. The lowest BCUT2D eigenvalue weighted by atomic mass is 9.53. The summed E-state index contributed by atoms with van der Waals surface area (Å²) in [5, 5.41) is 28.0. The number of carbonyl (C=O) groups is 3. The van der Waals surface area contributed by atoms with E-state index >= 15 is 31.9 Å². The van der Waals surface area contributed by atoms with E-state index in [0.717, 1.165) is 21.1 Å². The number of aromatic hydroxyl groups is 2. The highest BCUT2D eigenvalue weighted by molar-refractivity contribution is 7.88. The molecule has 4 aromatic rings. The number of benzene rings is 4. The number of likely N-dealkylation sites (N-methyl/N-ethyl adjacent to an activating group) is 2. The van der Waals surface area contributed by atoms with Gasteiger partial charge in [-0.1, -0.05) is 48.5 Å². The van der Waals surface area contributed by atoms with Crippen molar-refractivity contribution < 1.29 is 59.0 Å². The molecule has 0 bridgehead atoms. The van der Waals surface area contributed by atoms with Crippen molar-refractivity contribution in [3.05, 3.63) is 130 Å². The molecular weight excluding hydrogens is 1050 g/mol. The zero-order valence-corrected chi connectivity index (χ0v) is 46.6. The highest BCUT2D eigenvalue weighted by Crippen LogP contribution is 2.57. The number of ketones is 3. The molecule has 0 aliphatic carbocycles. The second-order valence-corrected chi connectivity index (χ2v) is 26.1. The zero-order valence-electron chi connectivity index (χ0n) is 45.0. The first-order valence-corrected chi connectivity index (χ1v) is 30.3. The van der Waals surface area contributed by atoms with Gasteiger partial charge in [-0.05, 0) is 123 Å². The van der Waals surface area contributed by atoms with Crippen molar-refractivity contribution in [2.45, 2.75) is 74.8 Å². The van der Waals surface area contributed by atoms with Gasteiger partial charge in [-0.25, -0.2) is 43.0 Å². The minimum atomic E-state index is -3.95.